The van der Waals surface area contributed by atoms with Gasteiger partial charge in [-0.25, -0.2) is 0 Å². The van der Waals surface area contributed by atoms with Gasteiger partial charge in [0.25, 0.3) is 0 Å². The second-order valence-corrected chi connectivity index (χ2v) is 7.05. The van der Waals surface area contributed by atoms with Crippen LogP contribution in [-0.4, -0.2) is 15.5 Å². The van der Waals surface area contributed by atoms with Crippen LogP contribution in [0.15, 0.2) is 16.5 Å². The molecule has 1 N–H and O–H groups in total. The number of hydrogen-bond acceptors (Lipinski definition) is 3. The lowest BCUT2D eigenvalue weighted by Crippen LogP contribution is -2.21. The molecule has 0 aliphatic heterocycles. The van der Waals surface area contributed by atoms with Gasteiger partial charge in [0.05, 0.1) is 12.3 Å². The zero-order valence-corrected chi connectivity index (χ0v) is 12.1. The first-order chi connectivity index (χ1) is 8.65. The van der Waals surface area contributed by atoms with Crippen LogP contribution in [0.5, 0.6) is 0 Å². The van der Waals surface area contributed by atoms with E-state index in [0.717, 1.165) is 30.9 Å². The minimum Gasteiger partial charge on any atom is -0.464 e. The monoisotopic (exact) mass is 269 g/mol. The fourth-order valence-electron chi connectivity index (χ4n) is 2.31. The third-order valence-corrected chi connectivity index (χ3v) is 5.14. The van der Waals surface area contributed by atoms with E-state index in [0.29, 0.717) is 17.0 Å². The lowest BCUT2D eigenvalue weighted by molar-refractivity contribution is 0.444. The Morgan fingerprint density at radius 3 is 2.67 bits per heavy atom. The molecule has 4 heteroatoms. The van der Waals surface area contributed by atoms with Gasteiger partial charge in [0.15, 0.2) is 0 Å². The van der Waals surface area contributed by atoms with Crippen LogP contribution in [0.4, 0.5) is 0 Å². The van der Waals surface area contributed by atoms with Gasteiger partial charge in [-0.2, -0.15) is 0 Å². The predicted molar refractivity (Wildman–Crippen MR) is 74.8 cm³/mol. The summed E-state index contributed by atoms with van der Waals surface area (Å²) in [4.78, 5) is 0. The summed E-state index contributed by atoms with van der Waals surface area (Å²) in [6.07, 6.45) is 4.71. The van der Waals surface area contributed by atoms with Crippen molar-refractivity contribution in [1.29, 1.82) is 0 Å². The van der Waals surface area contributed by atoms with Crippen molar-refractivity contribution in [3.8, 4) is 0 Å². The molecule has 1 aromatic rings. The Morgan fingerprint density at radius 2 is 2.00 bits per heavy atom. The highest BCUT2D eigenvalue weighted by Gasteiger charge is 2.22. The zero-order chi connectivity index (χ0) is 13.0. The van der Waals surface area contributed by atoms with E-state index in [2.05, 4.69) is 19.2 Å². The molecule has 1 fully saturated rings. The first-order valence-electron chi connectivity index (χ1n) is 6.83. The average molecular weight is 269 g/mol. The summed E-state index contributed by atoms with van der Waals surface area (Å²) < 4.78 is 17.8. The molecule has 18 heavy (non-hydrogen) atoms. The summed E-state index contributed by atoms with van der Waals surface area (Å²) >= 11 is 0. The lowest BCUT2D eigenvalue weighted by Gasteiger charge is -2.07. The number of hydrogen-bond donors (Lipinski definition) is 1. The molecule has 1 unspecified atom stereocenters. The molecule has 1 aliphatic carbocycles. The Hall–Kier alpha value is -0.610. The van der Waals surface area contributed by atoms with Crippen molar-refractivity contribution >= 4 is 10.8 Å². The van der Waals surface area contributed by atoms with Crippen molar-refractivity contribution in [3.05, 3.63) is 23.7 Å². The van der Waals surface area contributed by atoms with Gasteiger partial charge in [0.1, 0.15) is 11.5 Å². The maximum absolute atomic E-state index is 12.1. The van der Waals surface area contributed by atoms with Crippen LogP contribution in [0.2, 0.25) is 0 Å². The van der Waals surface area contributed by atoms with Crippen LogP contribution >= 0.6 is 0 Å². The van der Waals surface area contributed by atoms with E-state index in [1.54, 1.807) is 0 Å². The van der Waals surface area contributed by atoms with Crippen LogP contribution in [0.3, 0.4) is 0 Å². The largest absolute Gasteiger partial charge is 0.464 e. The van der Waals surface area contributed by atoms with Crippen molar-refractivity contribution < 1.29 is 8.63 Å². The highest BCUT2D eigenvalue weighted by molar-refractivity contribution is 7.84. The molecule has 0 bridgehead atoms. The van der Waals surface area contributed by atoms with E-state index in [4.69, 9.17) is 4.42 Å². The molecule has 0 amide bonds. The molecular formula is C14H23NO2S. The van der Waals surface area contributed by atoms with E-state index in [9.17, 15) is 4.21 Å². The molecule has 1 aromatic heterocycles. The van der Waals surface area contributed by atoms with Crippen molar-refractivity contribution in [2.24, 2.45) is 0 Å². The van der Waals surface area contributed by atoms with Gasteiger partial charge in [-0.15, -0.1) is 0 Å². The van der Waals surface area contributed by atoms with Gasteiger partial charge >= 0.3 is 0 Å². The molecule has 1 heterocycles. The van der Waals surface area contributed by atoms with Gasteiger partial charge in [0, 0.05) is 22.1 Å². The summed E-state index contributed by atoms with van der Waals surface area (Å²) in [5.41, 5.74) is 0. The number of nitrogens with one attached hydrogen (secondary N) is 1. The van der Waals surface area contributed by atoms with E-state index in [-0.39, 0.29) is 0 Å². The first-order valence-corrected chi connectivity index (χ1v) is 8.21. The zero-order valence-electron chi connectivity index (χ0n) is 11.3. The van der Waals surface area contributed by atoms with Crippen LogP contribution < -0.4 is 5.32 Å². The quantitative estimate of drug-likeness (QED) is 0.863. The molecule has 1 atom stereocenters. The van der Waals surface area contributed by atoms with Gasteiger partial charge in [-0.1, -0.05) is 26.7 Å². The van der Waals surface area contributed by atoms with Crippen LogP contribution in [0, 0.1) is 0 Å². The Morgan fingerprint density at radius 1 is 1.33 bits per heavy atom. The van der Waals surface area contributed by atoms with Crippen molar-refractivity contribution in [2.75, 3.05) is 0 Å². The van der Waals surface area contributed by atoms with Gasteiger partial charge in [-0.05, 0) is 25.0 Å². The molecule has 0 radical (unpaired) electrons. The summed E-state index contributed by atoms with van der Waals surface area (Å²) in [7, 11) is -0.760. The molecule has 1 aliphatic rings. The van der Waals surface area contributed by atoms with Gasteiger partial charge < -0.3 is 9.73 Å². The first kappa shape index (κ1) is 13.8. The SMILES string of the molecule is CC(C)NCc1ccc(CS(=O)C2CCCC2)o1. The summed E-state index contributed by atoms with van der Waals surface area (Å²) in [5.74, 6) is 2.37. The molecular weight excluding hydrogens is 246 g/mol. The maximum Gasteiger partial charge on any atom is 0.118 e. The van der Waals surface area contributed by atoms with E-state index < -0.39 is 10.8 Å². The maximum atomic E-state index is 12.1. The third kappa shape index (κ3) is 3.95. The molecule has 0 saturated heterocycles. The third-order valence-electron chi connectivity index (χ3n) is 3.36. The van der Waals surface area contributed by atoms with Crippen molar-refractivity contribution in [2.45, 2.75) is 63.1 Å². The second kappa shape index (κ2) is 6.53. The Labute approximate surface area is 112 Å². The van der Waals surface area contributed by atoms with Crippen LogP contribution in [0.1, 0.15) is 51.1 Å². The summed E-state index contributed by atoms with van der Waals surface area (Å²) in [5, 5.41) is 3.71. The topological polar surface area (TPSA) is 42.2 Å². The molecule has 102 valence electrons. The highest BCUT2D eigenvalue weighted by Crippen LogP contribution is 2.25. The molecule has 1 saturated carbocycles. The fraction of sp³-hybridized carbons (Fsp3) is 0.714. The average Bonchev–Trinajstić information content (AvgIpc) is 2.97. The molecule has 3 nitrogen and oxygen atoms in total. The second-order valence-electron chi connectivity index (χ2n) is 5.34. The minimum absolute atomic E-state index is 0.396. The Balaban J connectivity index is 1.84. The van der Waals surface area contributed by atoms with Crippen LogP contribution in [-0.2, 0) is 23.1 Å². The van der Waals surface area contributed by atoms with Gasteiger partial charge in [-0.3, -0.25) is 4.21 Å². The van der Waals surface area contributed by atoms with Crippen molar-refractivity contribution in [3.63, 3.8) is 0 Å². The van der Waals surface area contributed by atoms with Gasteiger partial charge in [0.2, 0.25) is 0 Å². The standard InChI is InChI=1S/C14H23NO2S/c1-11(2)15-9-12-7-8-13(17-12)10-18(16)14-5-3-4-6-14/h7-8,11,14-15H,3-6,9-10H2,1-2H3. The normalized spacial score (nSPS) is 18.6. The predicted octanol–water partition coefficient (Wildman–Crippen LogP) is 2.97. The van der Waals surface area contributed by atoms with Crippen molar-refractivity contribution in [1.82, 2.24) is 5.32 Å². The molecule has 2 rings (SSSR count). The Kier molecular flexibility index (Phi) is 5.01. The lowest BCUT2D eigenvalue weighted by atomic mass is 10.3. The number of furan rings is 1. The molecule has 0 aromatic carbocycles. The Bertz CT molecular complexity index is 394. The van der Waals surface area contributed by atoms with Crippen LogP contribution in [0.25, 0.3) is 0 Å². The smallest absolute Gasteiger partial charge is 0.118 e. The molecule has 0 spiro atoms. The van der Waals surface area contributed by atoms with E-state index in [1.165, 1.54) is 12.8 Å². The minimum atomic E-state index is -0.760. The summed E-state index contributed by atoms with van der Waals surface area (Å²) in [6.45, 7) is 4.96. The fourth-order valence-corrected chi connectivity index (χ4v) is 3.84. The highest BCUT2D eigenvalue weighted by atomic mass is 32.2. The number of rotatable bonds is 6. The van der Waals surface area contributed by atoms with E-state index >= 15 is 0 Å². The van der Waals surface area contributed by atoms with E-state index in [1.807, 2.05) is 12.1 Å². The summed E-state index contributed by atoms with van der Waals surface area (Å²) in [6, 6.07) is 4.40.